The van der Waals surface area contributed by atoms with E-state index in [1.807, 2.05) is 37.4 Å². The maximum atomic E-state index is 13.0. The average molecular weight is 410 g/mol. The van der Waals surface area contributed by atoms with Crippen LogP contribution in [0.25, 0.3) is 0 Å². The van der Waals surface area contributed by atoms with Gasteiger partial charge in [0.15, 0.2) is 0 Å². The van der Waals surface area contributed by atoms with Crippen LogP contribution in [0.1, 0.15) is 60.0 Å². The van der Waals surface area contributed by atoms with Gasteiger partial charge in [-0.3, -0.25) is 4.79 Å². The predicted molar refractivity (Wildman–Crippen MR) is 116 cm³/mol. The highest BCUT2D eigenvalue weighted by atomic mass is 32.2. The van der Waals surface area contributed by atoms with Gasteiger partial charge in [-0.15, -0.1) is 11.8 Å². The third-order valence-corrected chi connectivity index (χ3v) is 5.88. The molecular weight excluding hydrogens is 382 g/mol. The maximum absolute atomic E-state index is 13.0. The van der Waals surface area contributed by atoms with Gasteiger partial charge in [-0.25, -0.2) is 9.97 Å². The van der Waals surface area contributed by atoms with Gasteiger partial charge in [0.1, 0.15) is 10.9 Å². The van der Waals surface area contributed by atoms with Crippen LogP contribution in [0.15, 0.2) is 29.3 Å². The van der Waals surface area contributed by atoms with Crippen molar-refractivity contribution in [2.24, 2.45) is 0 Å². The lowest BCUT2D eigenvalue weighted by molar-refractivity contribution is 0.0926. The van der Waals surface area contributed by atoms with Crippen LogP contribution in [0.2, 0.25) is 0 Å². The Morgan fingerprint density at radius 3 is 2.45 bits per heavy atom. The molecule has 0 unspecified atom stereocenters. The minimum atomic E-state index is -0.0843. The SMILES string of the molecule is CSc1nc(C(C)C)nc(C)c1C(=O)NC1CCN(c2ccc(C#N)cc2)CC1. The van der Waals surface area contributed by atoms with Gasteiger partial charge in [0.25, 0.3) is 5.91 Å². The molecule has 2 aromatic rings. The van der Waals surface area contributed by atoms with E-state index in [0.29, 0.717) is 11.1 Å². The first-order valence-corrected chi connectivity index (χ1v) is 11.1. The van der Waals surface area contributed by atoms with Crippen LogP contribution < -0.4 is 10.2 Å². The van der Waals surface area contributed by atoms with E-state index >= 15 is 0 Å². The number of hydrogen-bond donors (Lipinski definition) is 1. The summed E-state index contributed by atoms with van der Waals surface area (Å²) < 4.78 is 0. The number of nitrogens with zero attached hydrogens (tertiary/aromatic N) is 4. The minimum Gasteiger partial charge on any atom is -0.371 e. The molecule has 1 fully saturated rings. The van der Waals surface area contributed by atoms with Crippen molar-refractivity contribution in [1.82, 2.24) is 15.3 Å². The largest absolute Gasteiger partial charge is 0.371 e. The van der Waals surface area contributed by atoms with Crippen molar-refractivity contribution in [3.63, 3.8) is 0 Å². The fourth-order valence-corrected chi connectivity index (χ4v) is 4.15. The summed E-state index contributed by atoms with van der Waals surface area (Å²) >= 11 is 1.49. The van der Waals surface area contributed by atoms with Gasteiger partial charge in [-0.05, 0) is 50.3 Å². The molecule has 0 saturated carbocycles. The number of anilines is 1. The van der Waals surface area contributed by atoms with Crippen LogP contribution in [-0.2, 0) is 0 Å². The van der Waals surface area contributed by atoms with Gasteiger partial charge in [-0.1, -0.05) is 13.8 Å². The number of aromatic nitrogens is 2. The quantitative estimate of drug-likeness (QED) is 0.596. The second-order valence-corrected chi connectivity index (χ2v) is 8.39. The summed E-state index contributed by atoms with van der Waals surface area (Å²) in [6, 6.07) is 9.94. The maximum Gasteiger partial charge on any atom is 0.256 e. The molecule has 7 heteroatoms. The Morgan fingerprint density at radius 2 is 1.90 bits per heavy atom. The van der Waals surface area contributed by atoms with E-state index in [1.54, 1.807) is 0 Å². The van der Waals surface area contributed by atoms with Crippen molar-refractivity contribution in [3.05, 3.63) is 46.9 Å². The Hall–Kier alpha value is -2.59. The van der Waals surface area contributed by atoms with Crippen LogP contribution >= 0.6 is 11.8 Å². The van der Waals surface area contributed by atoms with E-state index in [2.05, 4.69) is 40.1 Å². The number of carbonyl (C=O) groups excluding carboxylic acids is 1. The smallest absolute Gasteiger partial charge is 0.256 e. The number of aryl methyl sites for hydroxylation is 1. The van der Waals surface area contributed by atoms with E-state index in [4.69, 9.17) is 5.26 Å². The van der Waals surface area contributed by atoms with Crippen molar-refractivity contribution in [2.45, 2.75) is 50.6 Å². The third-order valence-electron chi connectivity index (χ3n) is 5.20. The molecular formula is C22H27N5OS. The first-order chi connectivity index (χ1) is 13.9. The molecule has 1 saturated heterocycles. The molecule has 0 bridgehead atoms. The Morgan fingerprint density at radius 1 is 1.24 bits per heavy atom. The number of carbonyl (C=O) groups is 1. The molecule has 2 heterocycles. The van der Waals surface area contributed by atoms with Crippen molar-refractivity contribution in [3.8, 4) is 6.07 Å². The number of benzene rings is 1. The van der Waals surface area contributed by atoms with Crippen LogP contribution in [0, 0.1) is 18.3 Å². The van der Waals surface area contributed by atoms with Crippen molar-refractivity contribution in [2.75, 3.05) is 24.2 Å². The number of nitriles is 1. The lowest BCUT2D eigenvalue weighted by Crippen LogP contribution is -2.45. The van der Waals surface area contributed by atoms with E-state index in [-0.39, 0.29) is 17.9 Å². The summed E-state index contributed by atoms with van der Waals surface area (Å²) in [4.78, 5) is 24.4. The fourth-order valence-electron chi connectivity index (χ4n) is 3.52. The van der Waals surface area contributed by atoms with Gasteiger partial charge in [-0.2, -0.15) is 5.26 Å². The molecule has 0 spiro atoms. The minimum absolute atomic E-state index is 0.0843. The van der Waals surface area contributed by atoms with Crippen molar-refractivity contribution >= 4 is 23.4 Å². The van der Waals surface area contributed by atoms with Gasteiger partial charge in [0.05, 0.1) is 22.9 Å². The lowest BCUT2D eigenvalue weighted by atomic mass is 10.0. The van der Waals surface area contributed by atoms with Crippen LogP contribution in [0.3, 0.4) is 0 Å². The highest BCUT2D eigenvalue weighted by Gasteiger charge is 2.25. The first kappa shape index (κ1) is 21.1. The zero-order valence-electron chi connectivity index (χ0n) is 17.4. The molecule has 1 aromatic heterocycles. The molecule has 0 aliphatic carbocycles. The Labute approximate surface area is 176 Å². The normalized spacial score (nSPS) is 14.7. The molecule has 0 atom stereocenters. The summed E-state index contributed by atoms with van der Waals surface area (Å²) in [6.45, 7) is 7.73. The molecule has 6 nitrogen and oxygen atoms in total. The number of piperidine rings is 1. The Balaban J connectivity index is 1.64. The summed E-state index contributed by atoms with van der Waals surface area (Å²) in [7, 11) is 0. The molecule has 29 heavy (non-hydrogen) atoms. The second-order valence-electron chi connectivity index (χ2n) is 7.60. The summed E-state index contributed by atoms with van der Waals surface area (Å²) in [6.07, 6.45) is 3.70. The summed E-state index contributed by atoms with van der Waals surface area (Å²) in [5, 5.41) is 12.9. The molecule has 1 amide bonds. The van der Waals surface area contributed by atoms with Crippen molar-refractivity contribution < 1.29 is 4.79 Å². The molecule has 0 radical (unpaired) electrons. The highest BCUT2D eigenvalue weighted by Crippen LogP contribution is 2.24. The van der Waals surface area contributed by atoms with E-state index in [1.165, 1.54) is 11.8 Å². The standard InChI is InChI=1S/C22H27N5OS/c1-14(2)20-24-15(3)19(22(26-20)29-4)21(28)25-17-9-11-27(12-10-17)18-7-5-16(13-23)6-8-18/h5-8,14,17H,9-12H2,1-4H3,(H,25,28). The first-order valence-electron chi connectivity index (χ1n) is 9.91. The molecule has 3 rings (SSSR count). The number of amides is 1. The highest BCUT2D eigenvalue weighted by molar-refractivity contribution is 7.98. The van der Waals surface area contributed by atoms with Crippen LogP contribution in [0.5, 0.6) is 0 Å². The number of thioether (sulfide) groups is 1. The zero-order valence-corrected chi connectivity index (χ0v) is 18.2. The van der Waals surface area contributed by atoms with Gasteiger partial charge in [0.2, 0.25) is 0 Å². The van der Waals surface area contributed by atoms with E-state index in [9.17, 15) is 4.79 Å². The van der Waals surface area contributed by atoms with Gasteiger partial charge in [0, 0.05) is 30.7 Å². The molecule has 1 aromatic carbocycles. The van der Waals surface area contributed by atoms with Crippen LogP contribution in [-0.4, -0.2) is 41.3 Å². The molecule has 1 aliphatic heterocycles. The molecule has 1 aliphatic rings. The summed E-state index contributed by atoms with van der Waals surface area (Å²) in [5.41, 5.74) is 3.12. The van der Waals surface area contributed by atoms with Gasteiger partial charge >= 0.3 is 0 Å². The predicted octanol–water partition coefficient (Wildman–Crippen LogP) is 3.90. The van der Waals surface area contributed by atoms with E-state index < -0.39 is 0 Å². The number of rotatable bonds is 5. The monoisotopic (exact) mass is 409 g/mol. The van der Waals surface area contributed by atoms with E-state index in [0.717, 1.165) is 48.2 Å². The Bertz CT molecular complexity index is 912. The molecule has 152 valence electrons. The zero-order chi connectivity index (χ0) is 21.0. The second kappa shape index (κ2) is 9.27. The Kier molecular flexibility index (Phi) is 6.75. The topological polar surface area (TPSA) is 81.9 Å². The van der Waals surface area contributed by atoms with Crippen molar-refractivity contribution in [1.29, 1.82) is 5.26 Å². The average Bonchev–Trinajstić information content (AvgIpc) is 2.73. The fraction of sp³-hybridized carbons (Fsp3) is 0.455. The molecule has 1 N–H and O–H groups in total. The van der Waals surface area contributed by atoms with Gasteiger partial charge < -0.3 is 10.2 Å². The summed E-state index contributed by atoms with van der Waals surface area (Å²) in [5.74, 6) is 0.918. The van der Waals surface area contributed by atoms with Crippen LogP contribution in [0.4, 0.5) is 5.69 Å². The third kappa shape index (κ3) is 4.88. The number of nitrogens with one attached hydrogen (secondary N) is 1. The lowest BCUT2D eigenvalue weighted by Gasteiger charge is -2.34. The number of hydrogen-bond acceptors (Lipinski definition) is 6.